The van der Waals surface area contributed by atoms with Gasteiger partial charge in [0.1, 0.15) is 0 Å². The number of anilines is 1. The van der Waals surface area contributed by atoms with Crippen molar-refractivity contribution in [3.05, 3.63) is 59.2 Å². The number of hydrogen-bond acceptors (Lipinski definition) is 5. The van der Waals surface area contributed by atoms with Crippen molar-refractivity contribution in [2.75, 3.05) is 11.6 Å². The van der Waals surface area contributed by atoms with Crippen LogP contribution in [0.15, 0.2) is 42.5 Å². The van der Waals surface area contributed by atoms with Crippen LogP contribution >= 0.6 is 0 Å². The van der Waals surface area contributed by atoms with Crippen LogP contribution in [0.1, 0.15) is 26.3 Å². The molecule has 2 aromatic carbocycles. The van der Waals surface area contributed by atoms with E-state index < -0.39 is 39.5 Å². The molecule has 0 aliphatic rings. The van der Waals surface area contributed by atoms with Gasteiger partial charge in [-0.05, 0) is 30.3 Å². The average molecular weight is 403 g/mol. The molecule has 0 atom stereocenters. The average Bonchev–Trinajstić information content (AvgIpc) is 2.54. The van der Waals surface area contributed by atoms with Gasteiger partial charge in [0.15, 0.2) is 5.75 Å². The van der Waals surface area contributed by atoms with Crippen molar-refractivity contribution in [2.45, 2.75) is 6.18 Å². The molecule has 0 fully saturated rings. The summed E-state index contributed by atoms with van der Waals surface area (Å²) in [5, 5.41) is 11.3. The normalized spacial score (nSPS) is 11.7. The molecule has 0 saturated carbocycles. The molecule has 144 valence electrons. The van der Waals surface area contributed by atoms with E-state index >= 15 is 0 Å². The Bertz CT molecular complexity index is 1000. The summed E-state index contributed by atoms with van der Waals surface area (Å²) >= 11 is 0. The molecular formula is C16H12F3NO6S. The first kappa shape index (κ1) is 20.2. The van der Waals surface area contributed by atoms with Gasteiger partial charge in [-0.25, -0.2) is 4.79 Å². The van der Waals surface area contributed by atoms with Crippen molar-refractivity contribution in [2.24, 2.45) is 0 Å². The summed E-state index contributed by atoms with van der Waals surface area (Å²) in [6.45, 7) is 0. The number of alkyl halides is 3. The maximum absolute atomic E-state index is 12.8. The molecule has 0 saturated heterocycles. The number of nitrogens with one attached hydrogen (secondary N) is 1. The third kappa shape index (κ3) is 5.20. The fraction of sp³-hybridized carbons (Fsp3) is 0.125. The minimum absolute atomic E-state index is 0.268. The van der Waals surface area contributed by atoms with Crippen LogP contribution in [-0.2, 0) is 16.3 Å². The largest absolute Gasteiger partial charge is 0.478 e. The number of carbonyl (C=O) groups is 2. The number of aromatic carboxylic acids is 1. The van der Waals surface area contributed by atoms with E-state index in [2.05, 4.69) is 9.50 Å². The summed E-state index contributed by atoms with van der Waals surface area (Å²) in [5.41, 5.74) is -2.17. The van der Waals surface area contributed by atoms with Gasteiger partial charge in [-0.15, -0.1) is 0 Å². The lowest BCUT2D eigenvalue weighted by Gasteiger charge is -2.14. The molecule has 1 amide bonds. The molecule has 0 unspecified atom stereocenters. The number of carbonyl (C=O) groups excluding carboxylic acids is 1. The van der Waals surface area contributed by atoms with Gasteiger partial charge in [0.25, 0.3) is 5.91 Å². The topological polar surface area (TPSA) is 110 Å². The first-order chi connectivity index (χ1) is 12.4. The monoisotopic (exact) mass is 403 g/mol. The van der Waals surface area contributed by atoms with Crippen LogP contribution < -0.4 is 9.50 Å². The van der Waals surface area contributed by atoms with Crippen LogP contribution in [0.25, 0.3) is 0 Å². The van der Waals surface area contributed by atoms with E-state index in [0.717, 1.165) is 12.1 Å². The number of rotatable bonds is 5. The maximum Gasteiger partial charge on any atom is 0.416 e. The molecule has 0 spiro atoms. The van der Waals surface area contributed by atoms with Gasteiger partial charge in [0.2, 0.25) is 0 Å². The van der Waals surface area contributed by atoms with Gasteiger partial charge in [-0.2, -0.15) is 21.6 Å². The Balaban J connectivity index is 2.46. The standard InChI is InChI=1S/C16H12F3NO6S/c1-27(24,25)26-13-8-9(16(17,18)19)6-7-12(13)20-14(21)10-4-2-3-5-11(10)15(22)23/h2-8H,1H3,(H,20,21)(H,22,23). The van der Waals surface area contributed by atoms with Crippen LogP contribution in [0.5, 0.6) is 5.75 Å². The van der Waals surface area contributed by atoms with E-state index in [4.69, 9.17) is 5.11 Å². The number of carboxylic acids is 1. The molecule has 27 heavy (non-hydrogen) atoms. The zero-order chi connectivity index (χ0) is 20.4. The smallest absolute Gasteiger partial charge is 0.416 e. The summed E-state index contributed by atoms with van der Waals surface area (Å²) in [6, 6.07) is 6.98. The van der Waals surface area contributed by atoms with E-state index in [1.807, 2.05) is 0 Å². The third-order valence-electron chi connectivity index (χ3n) is 3.20. The lowest BCUT2D eigenvalue weighted by Crippen LogP contribution is -2.18. The highest BCUT2D eigenvalue weighted by atomic mass is 32.2. The van der Waals surface area contributed by atoms with E-state index in [-0.39, 0.29) is 16.8 Å². The van der Waals surface area contributed by atoms with Crippen LogP contribution in [0, 0.1) is 0 Å². The van der Waals surface area contributed by atoms with Gasteiger partial charge in [-0.3, -0.25) is 4.79 Å². The zero-order valence-corrected chi connectivity index (χ0v) is 14.4. The minimum atomic E-state index is -4.77. The van der Waals surface area contributed by atoms with Crippen molar-refractivity contribution in [1.29, 1.82) is 0 Å². The Morgan fingerprint density at radius 3 is 2.19 bits per heavy atom. The number of benzene rings is 2. The molecule has 0 bridgehead atoms. The molecule has 0 heterocycles. The van der Waals surface area contributed by atoms with E-state index in [0.29, 0.717) is 18.4 Å². The summed E-state index contributed by atoms with van der Waals surface area (Å²) in [4.78, 5) is 23.5. The SMILES string of the molecule is CS(=O)(=O)Oc1cc(C(F)(F)F)ccc1NC(=O)c1ccccc1C(=O)O. The first-order valence-electron chi connectivity index (χ1n) is 7.13. The second-order valence-electron chi connectivity index (χ2n) is 5.30. The molecule has 2 aromatic rings. The molecule has 2 N–H and O–H groups in total. The number of amides is 1. The molecule has 2 rings (SSSR count). The van der Waals surface area contributed by atoms with Crippen molar-refractivity contribution in [3.8, 4) is 5.75 Å². The Morgan fingerprint density at radius 2 is 1.67 bits per heavy atom. The predicted molar refractivity (Wildman–Crippen MR) is 88.3 cm³/mol. The van der Waals surface area contributed by atoms with Crippen molar-refractivity contribution < 1.29 is 40.5 Å². The van der Waals surface area contributed by atoms with E-state index in [1.165, 1.54) is 18.2 Å². The molecule has 11 heteroatoms. The van der Waals surface area contributed by atoms with E-state index in [1.54, 1.807) is 0 Å². The van der Waals surface area contributed by atoms with Crippen molar-refractivity contribution in [3.63, 3.8) is 0 Å². The van der Waals surface area contributed by atoms with Gasteiger partial charge in [-0.1, -0.05) is 12.1 Å². The lowest BCUT2D eigenvalue weighted by molar-refractivity contribution is -0.137. The highest BCUT2D eigenvalue weighted by Gasteiger charge is 2.32. The summed E-state index contributed by atoms with van der Waals surface area (Å²) in [7, 11) is -4.20. The summed E-state index contributed by atoms with van der Waals surface area (Å²) in [6.07, 6.45) is -4.15. The van der Waals surface area contributed by atoms with Crippen molar-refractivity contribution in [1.82, 2.24) is 0 Å². The van der Waals surface area contributed by atoms with Crippen molar-refractivity contribution >= 4 is 27.7 Å². The van der Waals surface area contributed by atoms with Crippen LogP contribution in [0.2, 0.25) is 0 Å². The van der Waals surface area contributed by atoms with Gasteiger partial charge in [0, 0.05) is 0 Å². The minimum Gasteiger partial charge on any atom is -0.478 e. The third-order valence-corrected chi connectivity index (χ3v) is 3.68. The fourth-order valence-electron chi connectivity index (χ4n) is 2.09. The Hall–Kier alpha value is -3.08. The molecule has 0 aliphatic carbocycles. The quantitative estimate of drug-likeness (QED) is 0.743. The fourth-order valence-corrected chi connectivity index (χ4v) is 2.56. The Kier molecular flexibility index (Phi) is 5.45. The lowest BCUT2D eigenvalue weighted by atomic mass is 10.1. The van der Waals surface area contributed by atoms with Gasteiger partial charge in [0.05, 0.1) is 28.6 Å². The second-order valence-corrected chi connectivity index (χ2v) is 6.88. The number of hydrogen-bond donors (Lipinski definition) is 2. The molecule has 0 aliphatic heterocycles. The zero-order valence-electron chi connectivity index (χ0n) is 13.6. The van der Waals surface area contributed by atoms with Crippen LogP contribution in [0.3, 0.4) is 0 Å². The van der Waals surface area contributed by atoms with Crippen LogP contribution in [0.4, 0.5) is 18.9 Å². The molecule has 0 aromatic heterocycles. The molecular weight excluding hydrogens is 391 g/mol. The van der Waals surface area contributed by atoms with Gasteiger partial charge >= 0.3 is 22.3 Å². The predicted octanol–water partition coefficient (Wildman–Crippen LogP) is 2.99. The number of halogens is 3. The Labute approximate surface area is 151 Å². The Morgan fingerprint density at radius 1 is 1.07 bits per heavy atom. The van der Waals surface area contributed by atoms with E-state index in [9.17, 15) is 31.2 Å². The molecule has 0 radical (unpaired) electrons. The highest BCUT2D eigenvalue weighted by molar-refractivity contribution is 7.86. The first-order valence-corrected chi connectivity index (χ1v) is 8.94. The number of carboxylic acid groups (broad SMARTS) is 1. The van der Waals surface area contributed by atoms with Crippen LogP contribution in [-0.4, -0.2) is 31.7 Å². The second kappa shape index (κ2) is 7.27. The molecule has 7 nitrogen and oxygen atoms in total. The maximum atomic E-state index is 12.8. The van der Waals surface area contributed by atoms with Gasteiger partial charge < -0.3 is 14.6 Å². The highest BCUT2D eigenvalue weighted by Crippen LogP contribution is 2.36. The summed E-state index contributed by atoms with van der Waals surface area (Å²) in [5.74, 6) is -3.11. The summed E-state index contributed by atoms with van der Waals surface area (Å²) < 4.78 is 65.7.